The Balaban J connectivity index is 1.48. The second kappa shape index (κ2) is 5.74. The first kappa shape index (κ1) is 13.3. The van der Waals surface area contributed by atoms with Gasteiger partial charge in [-0.3, -0.25) is 10.2 Å². The summed E-state index contributed by atoms with van der Waals surface area (Å²) in [5.74, 6) is 0.260. The molecular weight excluding hydrogens is 258 g/mol. The Kier molecular flexibility index (Phi) is 3.81. The molecule has 20 heavy (non-hydrogen) atoms. The molecule has 0 spiro atoms. The molecular formula is C12H21N7O. The Morgan fingerprint density at radius 2 is 1.90 bits per heavy atom. The van der Waals surface area contributed by atoms with Crippen LogP contribution in [0.4, 0.5) is 10.7 Å². The summed E-state index contributed by atoms with van der Waals surface area (Å²) in [6.45, 7) is 3.46. The zero-order valence-corrected chi connectivity index (χ0v) is 11.8. The molecule has 3 rings (SSSR count). The number of aryl methyl sites for hydroxylation is 1. The summed E-state index contributed by atoms with van der Waals surface area (Å²) in [5, 5.41) is 14.1. The fraction of sp³-hybridized carbons (Fsp3) is 0.833. The molecule has 0 radical (unpaired) electrons. The number of carbonyl (C=O) groups is 1. The van der Waals surface area contributed by atoms with Gasteiger partial charge in [-0.2, -0.15) is 4.80 Å². The minimum absolute atomic E-state index is 0.135. The van der Waals surface area contributed by atoms with E-state index in [1.807, 2.05) is 4.90 Å². The first-order valence-electron chi connectivity index (χ1n) is 7.26. The summed E-state index contributed by atoms with van der Waals surface area (Å²) >= 11 is 0. The van der Waals surface area contributed by atoms with Gasteiger partial charge in [0.1, 0.15) is 0 Å². The van der Waals surface area contributed by atoms with Gasteiger partial charge in [-0.1, -0.05) is 17.9 Å². The number of hydrogen-bond donors (Lipinski definition) is 1. The fourth-order valence-corrected chi connectivity index (χ4v) is 3.07. The van der Waals surface area contributed by atoms with E-state index in [0.717, 1.165) is 32.2 Å². The quantitative estimate of drug-likeness (QED) is 0.842. The van der Waals surface area contributed by atoms with Crippen molar-refractivity contribution in [3.63, 3.8) is 0 Å². The first-order valence-corrected chi connectivity index (χ1v) is 7.26. The van der Waals surface area contributed by atoms with E-state index in [2.05, 4.69) is 25.6 Å². The standard InChI is InChI=1S/C12H21N7O/c1-17-15-11(14-16-17)13-12(20)19-8-6-18(7-9-19)10-4-2-3-5-10/h10H,2-9H2,1H3,(H,13,15,20). The molecule has 8 heteroatoms. The predicted molar refractivity (Wildman–Crippen MR) is 73.2 cm³/mol. The molecule has 0 atom stereocenters. The maximum absolute atomic E-state index is 12.1. The topological polar surface area (TPSA) is 79.2 Å². The molecule has 0 unspecified atom stereocenters. The third-order valence-corrected chi connectivity index (χ3v) is 4.17. The monoisotopic (exact) mass is 279 g/mol. The number of nitrogens with zero attached hydrogens (tertiary/aromatic N) is 6. The molecule has 1 N–H and O–H groups in total. The van der Waals surface area contributed by atoms with E-state index >= 15 is 0 Å². The van der Waals surface area contributed by atoms with Crippen molar-refractivity contribution >= 4 is 12.0 Å². The van der Waals surface area contributed by atoms with Gasteiger partial charge in [0, 0.05) is 32.2 Å². The van der Waals surface area contributed by atoms with Crippen molar-refractivity contribution in [3.05, 3.63) is 0 Å². The molecule has 1 aromatic rings. The van der Waals surface area contributed by atoms with Crippen molar-refractivity contribution < 1.29 is 4.79 Å². The van der Waals surface area contributed by atoms with Crippen LogP contribution in [0.25, 0.3) is 0 Å². The van der Waals surface area contributed by atoms with Gasteiger partial charge < -0.3 is 4.90 Å². The van der Waals surface area contributed by atoms with Crippen LogP contribution >= 0.6 is 0 Å². The lowest BCUT2D eigenvalue weighted by Crippen LogP contribution is -2.52. The van der Waals surface area contributed by atoms with Gasteiger partial charge in [-0.15, -0.1) is 5.10 Å². The van der Waals surface area contributed by atoms with Crippen LogP contribution in [-0.2, 0) is 7.05 Å². The number of amides is 2. The van der Waals surface area contributed by atoms with Crippen LogP contribution in [0.2, 0.25) is 0 Å². The highest BCUT2D eigenvalue weighted by atomic mass is 16.2. The van der Waals surface area contributed by atoms with Crippen LogP contribution in [0.1, 0.15) is 25.7 Å². The van der Waals surface area contributed by atoms with Crippen LogP contribution in [-0.4, -0.2) is 68.3 Å². The summed E-state index contributed by atoms with van der Waals surface area (Å²) in [7, 11) is 1.67. The lowest BCUT2D eigenvalue weighted by Gasteiger charge is -2.37. The summed E-state index contributed by atoms with van der Waals surface area (Å²) in [5.41, 5.74) is 0. The highest BCUT2D eigenvalue weighted by molar-refractivity contribution is 5.87. The fourth-order valence-electron chi connectivity index (χ4n) is 3.07. The third-order valence-electron chi connectivity index (χ3n) is 4.17. The number of aromatic nitrogens is 4. The number of anilines is 1. The molecule has 0 bridgehead atoms. The Bertz CT molecular complexity index is 460. The van der Waals surface area contributed by atoms with E-state index in [0.29, 0.717) is 0 Å². The van der Waals surface area contributed by atoms with Gasteiger partial charge in [0.25, 0.3) is 5.95 Å². The van der Waals surface area contributed by atoms with E-state index in [1.165, 1.54) is 30.5 Å². The highest BCUT2D eigenvalue weighted by Crippen LogP contribution is 2.24. The van der Waals surface area contributed by atoms with Crippen LogP contribution in [0.5, 0.6) is 0 Å². The average molecular weight is 279 g/mol. The highest BCUT2D eigenvalue weighted by Gasteiger charge is 2.28. The van der Waals surface area contributed by atoms with Gasteiger partial charge in [0.05, 0.1) is 7.05 Å². The molecule has 8 nitrogen and oxygen atoms in total. The molecule has 2 fully saturated rings. The molecule has 1 aromatic heterocycles. The van der Waals surface area contributed by atoms with Gasteiger partial charge in [0.15, 0.2) is 0 Å². The SMILES string of the molecule is Cn1nnc(NC(=O)N2CCN(C3CCCC3)CC2)n1. The Morgan fingerprint density at radius 3 is 2.50 bits per heavy atom. The van der Waals surface area contributed by atoms with Crippen molar-refractivity contribution in [2.45, 2.75) is 31.7 Å². The Labute approximate surface area is 118 Å². The number of tetrazole rings is 1. The Hall–Kier alpha value is -1.70. The number of hydrogen-bond acceptors (Lipinski definition) is 5. The molecule has 1 aliphatic carbocycles. The molecule has 2 heterocycles. The van der Waals surface area contributed by atoms with Gasteiger partial charge in [-0.25, -0.2) is 4.79 Å². The first-order chi connectivity index (χ1) is 9.72. The molecule has 1 aliphatic heterocycles. The molecule has 0 aromatic carbocycles. The third kappa shape index (κ3) is 2.90. The van der Waals surface area contributed by atoms with E-state index in [1.54, 1.807) is 7.05 Å². The van der Waals surface area contributed by atoms with Crippen molar-refractivity contribution in [2.24, 2.45) is 7.05 Å². The largest absolute Gasteiger partial charge is 0.324 e. The summed E-state index contributed by atoms with van der Waals surface area (Å²) in [6, 6.07) is 0.603. The van der Waals surface area contributed by atoms with Gasteiger partial charge in [-0.05, 0) is 18.1 Å². The molecule has 2 aliphatic rings. The lowest BCUT2D eigenvalue weighted by atomic mass is 10.2. The summed E-state index contributed by atoms with van der Waals surface area (Å²) in [4.78, 5) is 17.8. The van der Waals surface area contributed by atoms with Crippen LogP contribution in [0.3, 0.4) is 0 Å². The molecule has 1 saturated heterocycles. The normalized spacial score (nSPS) is 21.4. The number of nitrogens with one attached hydrogen (secondary N) is 1. The van der Waals surface area contributed by atoms with Crippen LogP contribution in [0.15, 0.2) is 0 Å². The maximum Gasteiger partial charge on any atom is 0.324 e. The van der Waals surface area contributed by atoms with Crippen molar-refractivity contribution in [1.82, 2.24) is 30.0 Å². The lowest BCUT2D eigenvalue weighted by molar-refractivity contribution is 0.115. The Morgan fingerprint density at radius 1 is 1.20 bits per heavy atom. The van der Waals surface area contributed by atoms with Crippen molar-refractivity contribution in [2.75, 3.05) is 31.5 Å². The van der Waals surface area contributed by atoms with E-state index in [4.69, 9.17) is 0 Å². The molecule has 2 amide bonds. The number of urea groups is 1. The maximum atomic E-state index is 12.1. The zero-order valence-electron chi connectivity index (χ0n) is 11.8. The zero-order chi connectivity index (χ0) is 13.9. The molecule has 110 valence electrons. The average Bonchev–Trinajstić information content (AvgIpc) is 3.11. The smallest absolute Gasteiger partial charge is 0.322 e. The van der Waals surface area contributed by atoms with Crippen LogP contribution < -0.4 is 5.32 Å². The molecule has 1 saturated carbocycles. The second-order valence-electron chi connectivity index (χ2n) is 5.49. The number of piperazine rings is 1. The van der Waals surface area contributed by atoms with Crippen molar-refractivity contribution in [1.29, 1.82) is 0 Å². The van der Waals surface area contributed by atoms with E-state index < -0.39 is 0 Å². The number of rotatable bonds is 2. The van der Waals surface area contributed by atoms with Gasteiger partial charge >= 0.3 is 6.03 Å². The minimum Gasteiger partial charge on any atom is -0.322 e. The van der Waals surface area contributed by atoms with Crippen LogP contribution in [0, 0.1) is 0 Å². The van der Waals surface area contributed by atoms with Crippen molar-refractivity contribution in [3.8, 4) is 0 Å². The van der Waals surface area contributed by atoms with Gasteiger partial charge in [0.2, 0.25) is 0 Å². The predicted octanol–water partition coefficient (Wildman–Crippen LogP) is 0.302. The second-order valence-corrected chi connectivity index (χ2v) is 5.49. The van der Waals surface area contributed by atoms with E-state index in [9.17, 15) is 4.79 Å². The minimum atomic E-state index is -0.135. The number of carbonyl (C=O) groups excluding carboxylic acids is 1. The van der Waals surface area contributed by atoms with E-state index in [-0.39, 0.29) is 12.0 Å². The summed E-state index contributed by atoms with van der Waals surface area (Å²) < 4.78 is 0. The summed E-state index contributed by atoms with van der Waals surface area (Å²) in [6.07, 6.45) is 5.33.